The van der Waals surface area contributed by atoms with Gasteiger partial charge in [0, 0.05) is 0 Å². The molecule has 4 nitrogen and oxygen atoms in total. The van der Waals surface area contributed by atoms with E-state index in [0.29, 0.717) is 0 Å². The number of rotatable bonds is 5. The molecule has 0 aliphatic heterocycles. The van der Waals surface area contributed by atoms with Crippen LogP contribution >= 0.6 is 0 Å². The van der Waals surface area contributed by atoms with E-state index < -0.39 is 0 Å². The second-order valence-electron chi connectivity index (χ2n) is 6.94. The number of aryl methyl sites for hydroxylation is 1. The molecular weight excluding hydrogens is 380 g/mol. The van der Waals surface area contributed by atoms with Gasteiger partial charge in [0.05, 0.1) is 22.8 Å². The number of aliphatic imine (C=N–C) groups is 2. The molecule has 3 aromatic carbocycles. The van der Waals surface area contributed by atoms with Crippen molar-refractivity contribution in [2.75, 3.05) is 7.05 Å². The Hall–Kier alpha value is -3.92. The molecule has 156 valence electrons. The van der Waals surface area contributed by atoms with Gasteiger partial charge >= 0.3 is 0 Å². The summed E-state index contributed by atoms with van der Waals surface area (Å²) in [7, 11) is 1.78. The fraction of sp³-hybridized carbons (Fsp3) is 0.111. The summed E-state index contributed by atoms with van der Waals surface area (Å²) in [6.45, 7) is 2.07. The van der Waals surface area contributed by atoms with E-state index >= 15 is 0 Å². The molecule has 0 fully saturated rings. The summed E-state index contributed by atoms with van der Waals surface area (Å²) in [5.41, 5.74) is 7.60. The normalized spacial score (nSPS) is 12.2. The quantitative estimate of drug-likeness (QED) is 0.381. The van der Waals surface area contributed by atoms with Crippen molar-refractivity contribution in [3.8, 4) is 0 Å². The van der Waals surface area contributed by atoms with Crippen LogP contribution in [0.25, 0.3) is 10.6 Å². The van der Waals surface area contributed by atoms with Crippen LogP contribution in [0.5, 0.6) is 0 Å². The molecule has 0 aromatic heterocycles. The third-order valence-corrected chi connectivity index (χ3v) is 4.62. The average Bonchev–Trinajstić information content (AvgIpc) is 2.78. The standard InChI is InChI=1S/C26H22N4.CH4/c1-19-3-5-21(6-4-19)28-23-11-13-25(14-12-23)30-26-17-15-24(16-18-26)29-22-9-7-20(27-2)8-10-22;/h3-18H,1-2H3;1H4/q-2;. The summed E-state index contributed by atoms with van der Waals surface area (Å²) in [6.07, 6.45) is 7.88. The zero-order valence-electron chi connectivity index (χ0n) is 17.0. The number of benzene rings is 3. The molecule has 0 saturated heterocycles. The van der Waals surface area contributed by atoms with Crippen molar-refractivity contribution < 1.29 is 0 Å². The Morgan fingerprint density at radius 1 is 0.548 bits per heavy atom. The maximum atomic E-state index is 4.68. The molecule has 0 amide bonds. The van der Waals surface area contributed by atoms with Crippen molar-refractivity contribution in [2.45, 2.75) is 14.4 Å². The lowest BCUT2D eigenvalue weighted by molar-refractivity contribution is 1.47. The fourth-order valence-electron chi connectivity index (χ4n) is 2.95. The van der Waals surface area contributed by atoms with Crippen molar-refractivity contribution in [1.82, 2.24) is 0 Å². The van der Waals surface area contributed by atoms with Crippen LogP contribution in [-0.2, 0) is 0 Å². The molecular formula is C27H26N4-2. The van der Waals surface area contributed by atoms with Crippen molar-refractivity contribution >= 4 is 39.9 Å². The minimum absolute atomic E-state index is 0. The molecule has 0 spiro atoms. The minimum atomic E-state index is 0. The second kappa shape index (κ2) is 10.2. The van der Waals surface area contributed by atoms with E-state index in [1.807, 2.05) is 85.0 Å². The van der Waals surface area contributed by atoms with Gasteiger partial charge in [0.1, 0.15) is 0 Å². The third kappa shape index (κ3) is 6.03. The average molecular weight is 407 g/mol. The van der Waals surface area contributed by atoms with Crippen LogP contribution in [0.4, 0.5) is 28.4 Å². The molecule has 0 atom stereocenters. The Morgan fingerprint density at radius 2 is 0.935 bits per heavy atom. The summed E-state index contributed by atoms with van der Waals surface area (Å²) in [5, 5.41) is 8.77. The molecule has 4 heteroatoms. The van der Waals surface area contributed by atoms with E-state index in [2.05, 4.69) is 39.7 Å². The summed E-state index contributed by atoms with van der Waals surface area (Å²) in [4.78, 5) is 9.30. The van der Waals surface area contributed by atoms with E-state index in [4.69, 9.17) is 0 Å². The molecule has 1 aliphatic carbocycles. The Morgan fingerprint density at radius 3 is 1.35 bits per heavy atom. The molecule has 1 aliphatic rings. The van der Waals surface area contributed by atoms with Crippen LogP contribution in [0.2, 0.25) is 0 Å². The van der Waals surface area contributed by atoms with E-state index in [9.17, 15) is 0 Å². The van der Waals surface area contributed by atoms with Gasteiger partial charge in [-0.2, -0.15) is 0 Å². The Balaban J connectivity index is 0.00000272. The first-order valence-electron chi connectivity index (χ1n) is 9.80. The van der Waals surface area contributed by atoms with Crippen molar-refractivity contribution in [1.29, 1.82) is 0 Å². The summed E-state index contributed by atoms with van der Waals surface area (Å²) >= 11 is 0. The Labute approximate surface area is 184 Å². The van der Waals surface area contributed by atoms with Gasteiger partial charge in [-0.1, -0.05) is 61.5 Å². The van der Waals surface area contributed by atoms with E-state index in [0.717, 1.165) is 39.9 Å². The fourth-order valence-corrected chi connectivity index (χ4v) is 2.95. The van der Waals surface area contributed by atoms with Crippen LogP contribution in [0, 0.1) is 6.92 Å². The topological polar surface area (TPSA) is 52.9 Å². The summed E-state index contributed by atoms with van der Waals surface area (Å²) < 4.78 is 0. The van der Waals surface area contributed by atoms with Crippen molar-refractivity contribution in [3.63, 3.8) is 0 Å². The Kier molecular flexibility index (Phi) is 7.17. The van der Waals surface area contributed by atoms with Crippen LogP contribution < -0.4 is 0 Å². The minimum Gasteiger partial charge on any atom is -0.687 e. The van der Waals surface area contributed by atoms with Gasteiger partial charge in [-0.15, -0.1) is 24.1 Å². The van der Waals surface area contributed by atoms with Gasteiger partial charge in [-0.3, -0.25) is 0 Å². The number of nitrogens with zero attached hydrogens (tertiary/aromatic N) is 4. The highest BCUT2D eigenvalue weighted by Gasteiger charge is 2.00. The van der Waals surface area contributed by atoms with E-state index in [1.54, 1.807) is 7.05 Å². The molecule has 0 radical (unpaired) electrons. The number of allylic oxidation sites excluding steroid dienone is 4. The highest BCUT2D eigenvalue weighted by Crippen LogP contribution is 2.31. The first kappa shape index (κ1) is 21.8. The first-order valence-corrected chi connectivity index (χ1v) is 9.80. The van der Waals surface area contributed by atoms with E-state index in [-0.39, 0.29) is 7.43 Å². The highest BCUT2D eigenvalue weighted by atomic mass is 14.9. The number of hydrogen-bond acceptors (Lipinski definition) is 2. The molecule has 0 unspecified atom stereocenters. The summed E-state index contributed by atoms with van der Waals surface area (Å²) in [5.74, 6) is 0. The van der Waals surface area contributed by atoms with Gasteiger partial charge in [0.2, 0.25) is 0 Å². The third-order valence-electron chi connectivity index (χ3n) is 4.62. The molecule has 31 heavy (non-hydrogen) atoms. The zero-order chi connectivity index (χ0) is 20.8. The largest absolute Gasteiger partial charge is 0.687 e. The molecule has 0 bridgehead atoms. The summed E-state index contributed by atoms with van der Waals surface area (Å²) in [6, 6.07) is 23.9. The van der Waals surface area contributed by atoms with Gasteiger partial charge in [-0.05, 0) is 55.5 Å². The maximum Gasteiger partial charge on any atom is 0.0638 e. The predicted octanol–water partition coefficient (Wildman–Crippen LogP) is 8.57. The van der Waals surface area contributed by atoms with Gasteiger partial charge < -0.3 is 10.6 Å². The second-order valence-corrected chi connectivity index (χ2v) is 6.94. The number of hydrogen-bond donors (Lipinski definition) is 0. The van der Waals surface area contributed by atoms with Crippen LogP contribution in [0.15, 0.2) is 107 Å². The van der Waals surface area contributed by atoms with Gasteiger partial charge in [-0.25, -0.2) is 9.98 Å². The lowest BCUT2D eigenvalue weighted by Gasteiger charge is -2.22. The van der Waals surface area contributed by atoms with Gasteiger partial charge in [0.25, 0.3) is 0 Å². The zero-order valence-corrected chi connectivity index (χ0v) is 17.0. The predicted molar refractivity (Wildman–Crippen MR) is 135 cm³/mol. The lowest BCUT2D eigenvalue weighted by Crippen LogP contribution is -1.99. The highest BCUT2D eigenvalue weighted by molar-refractivity contribution is 6.19. The first-order chi connectivity index (χ1) is 14.7. The molecule has 4 rings (SSSR count). The Bertz CT molecular complexity index is 1100. The van der Waals surface area contributed by atoms with Crippen LogP contribution in [0.3, 0.4) is 0 Å². The van der Waals surface area contributed by atoms with Crippen molar-refractivity contribution in [3.05, 3.63) is 113 Å². The van der Waals surface area contributed by atoms with Crippen molar-refractivity contribution in [2.24, 2.45) is 9.98 Å². The SMILES string of the molecule is C.C[N-]c1ccc(N=C2C=CC(=Nc3ccc([N-]c4ccc(C)cc4)cc3)C=C2)cc1. The van der Waals surface area contributed by atoms with Gasteiger partial charge in [0.15, 0.2) is 0 Å². The lowest BCUT2D eigenvalue weighted by atomic mass is 10.1. The van der Waals surface area contributed by atoms with E-state index in [1.165, 1.54) is 5.56 Å². The molecule has 0 N–H and O–H groups in total. The van der Waals surface area contributed by atoms with Crippen LogP contribution in [0.1, 0.15) is 13.0 Å². The monoisotopic (exact) mass is 406 g/mol. The maximum absolute atomic E-state index is 4.68. The molecule has 0 saturated carbocycles. The molecule has 0 heterocycles. The smallest absolute Gasteiger partial charge is 0.0638 e. The van der Waals surface area contributed by atoms with Crippen LogP contribution in [-0.4, -0.2) is 18.5 Å². The molecule has 3 aromatic rings.